The van der Waals surface area contributed by atoms with E-state index in [1.807, 2.05) is 32.0 Å². The third-order valence-electron chi connectivity index (χ3n) is 10.3. The fourth-order valence-electron chi connectivity index (χ4n) is 6.92. The topological polar surface area (TPSA) is 205 Å². The Labute approximate surface area is 313 Å². The van der Waals surface area contributed by atoms with E-state index in [4.69, 9.17) is 9.47 Å². The van der Waals surface area contributed by atoms with Gasteiger partial charge in [0.05, 0.1) is 12.1 Å². The zero-order valence-corrected chi connectivity index (χ0v) is 31.2. The molecule has 3 N–H and O–H groups in total. The van der Waals surface area contributed by atoms with Gasteiger partial charge in [-0.1, -0.05) is 24.6 Å². The molecule has 0 radical (unpaired) electrons. The van der Waals surface area contributed by atoms with E-state index >= 15 is 0 Å². The zero-order chi connectivity index (χ0) is 38.2. The van der Waals surface area contributed by atoms with Crippen LogP contribution in [-0.4, -0.2) is 134 Å². The van der Waals surface area contributed by atoms with E-state index in [0.717, 1.165) is 44.1 Å². The van der Waals surface area contributed by atoms with E-state index in [9.17, 15) is 24.0 Å². The number of pyridine rings is 1. The Hall–Kier alpha value is -5.35. The Morgan fingerprint density at radius 2 is 1.76 bits per heavy atom. The van der Waals surface area contributed by atoms with Crippen LogP contribution in [0.4, 0.5) is 4.79 Å². The first-order chi connectivity index (χ1) is 26.1. The fraction of sp³-hybridized carbons (Fsp3) is 0.595. The Kier molecular flexibility index (Phi) is 12.5. The molecule has 3 aromatic rings. The lowest BCUT2D eigenvalue weighted by molar-refractivity contribution is -0.143. The fourth-order valence-corrected chi connectivity index (χ4v) is 6.92. The van der Waals surface area contributed by atoms with Crippen LogP contribution in [0.25, 0.3) is 10.9 Å². The maximum absolute atomic E-state index is 14.0. The maximum Gasteiger partial charge on any atom is 0.409 e. The molecule has 290 valence electrons. The van der Waals surface area contributed by atoms with E-state index in [0.29, 0.717) is 49.4 Å². The molecule has 2 aliphatic heterocycles. The second kappa shape index (κ2) is 17.6. The van der Waals surface area contributed by atoms with Crippen molar-refractivity contribution in [3.8, 4) is 5.75 Å². The average Bonchev–Trinajstić information content (AvgIpc) is 3.87. The summed E-state index contributed by atoms with van der Waals surface area (Å²) in [5, 5.41) is 20.5. The van der Waals surface area contributed by atoms with Gasteiger partial charge in [0, 0.05) is 56.6 Å². The lowest BCUT2D eigenvalue weighted by Crippen LogP contribution is -2.56. The van der Waals surface area contributed by atoms with E-state index in [1.165, 1.54) is 6.07 Å². The van der Waals surface area contributed by atoms with Crippen LogP contribution in [0.3, 0.4) is 0 Å². The van der Waals surface area contributed by atoms with Gasteiger partial charge in [0.25, 0.3) is 11.8 Å². The zero-order valence-electron chi connectivity index (χ0n) is 31.2. The number of nitrogens with one attached hydrogen (secondary N) is 3. The van der Waals surface area contributed by atoms with Crippen LogP contribution in [0.5, 0.6) is 5.75 Å². The van der Waals surface area contributed by atoms with E-state index in [2.05, 4.69) is 36.2 Å². The van der Waals surface area contributed by atoms with Gasteiger partial charge >= 0.3 is 6.09 Å². The van der Waals surface area contributed by atoms with Gasteiger partial charge in [0.15, 0.2) is 11.9 Å². The molecule has 17 nitrogen and oxygen atoms in total. The maximum atomic E-state index is 14.0. The summed E-state index contributed by atoms with van der Waals surface area (Å²) in [5.41, 5.74) is 1.38. The minimum atomic E-state index is -0.975. The highest BCUT2D eigenvalue weighted by Gasteiger charge is 2.38. The number of hydrogen-bond acceptors (Lipinski definition) is 11. The number of fused-ring (bicyclic) bond motifs is 1. The smallest absolute Gasteiger partial charge is 0.409 e. The van der Waals surface area contributed by atoms with Crippen molar-refractivity contribution in [3.05, 3.63) is 41.3 Å². The van der Waals surface area contributed by atoms with Gasteiger partial charge in [-0.25, -0.2) is 9.78 Å². The molecule has 54 heavy (non-hydrogen) atoms. The molecule has 2 unspecified atom stereocenters. The van der Waals surface area contributed by atoms with Crippen LogP contribution in [-0.2, 0) is 25.5 Å². The van der Waals surface area contributed by atoms with Crippen molar-refractivity contribution in [2.45, 2.75) is 103 Å². The molecular weight excluding hydrogens is 696 g/mol. The van der Waals surface area contributed by atoms with Crippen LogP contribution >= 0.6 is 0 Å². The number of rotatable bonds is 14. The number of aromatic amines is 1. The molecule has 0 bridgehead atoms. The molecule has 0 spiro atoms. The molecule has 2 aromatic heterocycles. The van der Waals surface area contributed by atoms with Crippen LogP contribution in [0, 0.1) is 6.92 Å². The number of unbranched alkanes of at least 4 members (excludes halogenated alkanes) is 1. The standard InChI is InChI=1S/C37H50N10O7/c1-4-5-20-53-37(52)46-18-16-45(17-19-46)36(51)27(13-14-32-41-43-44-42-32)40-33(48)29-22-31(26-12-11-23(2)21-28(26)39-29)54-24(3)35(50)47-15-7-10-30(47)34(49)38-25-8-6-9-25/h11-12,21-22,24-25,27,30H,4-10,13-20H2,1-3H3,(H,38,49)(H,40,48)(H,41,42,43,44)/t24-,27?,30?/m1/s1. The van der Waals surface area contributed by atoms with Crippen molar-refractivity contribution >= 4 is 40.6 Å². The summed E-state index contributed by atoms with van der Waals surface area (Å²) < 4.78 is 11.6. The van der Waals surface area contributed by atoms with Gasteiger partial charge in [0.2, 0.25) is 11.8 Å². The Morgan fingerprint density at radius 1 is 0.981 bits per heavy atom. The van der Waals surface area contributed by atoms with Crippen molar-refractivity contribution in [1.29, 1.82) is 0 Å². The van der Waals surface area contributed by atoms with Crippen LogP contribution in [0.1, 0.15) is 87.1 Å². The van der Waals surface area contributed by atoms with Crippen LogP contribution in [0.2, 0.25) is 0 Å². The monoisotopic (exact) mass is 746 g/mol. The van der Waals surface area contributed by atoms with Gasteiger partial charge < -0.3 is 34.8 Å². The number of H-pyrrole nitrogens is 1. The Morgan fingerprint density at radius 3 is 2.46 bits per heavy atom. The minimum Gasteiger partial charge on any atom is -0.480 e. The molecule has 3 fully saturated rings. The number of carbonyl (C=O) groups is 5. The first-order valence-electron chi connectivity index (χ1n) is 19.0. The third kappa shape index (κ3) is 9.23. The van der Waals surface area contributed by atoms with E-state index in [1.54, 1.807) is 21.6 Å². The normalized spacial score (nSPS) is 18.5. The Bertz CT molecular complexity index is 1810. The summed E-state index contributed by atoms with van der Waals surface area (Å²) in [4.78, 5) is 76.6. The summed E-state index contributed by atoms with van der Waals surface area (Å²) in [6, 6.07) is 5.66. The van der Waals surface area contributed by atoms with Crippen LogP contribution < -0.4 is 15.4 Å². The number of amides is 5. The van der Waals surface area contributed by atoms with Crippen molar-refractivity contribution in [2.75, 3.05) is 39.3 Å². The van der Waals surface area contributed by atoms with Gasteiger partial charge in [-0.05, 0) is 76.5 Å². The van der Waals surface area contributed by atoms with Crippen molar-refractivity contribution < 1.29 is 33.4 Å². The molecule has 1 saturated carbocycles. The molecule has 2 saturated heterocycles. The number of benzene rings is 1. The summed E-state index contributed by atoms with van der Waals surface area (Å²) in [5.74, 6) is -0.713. The molecule has 3 atom stereocenters. The minimum absolute atomic E-state index is 0.00122. The number of aryl methyl sites for hydroxylation is 2. The molecule has 4 heterocycles. The molecular formula is C37H50N10O7. The van der Waals surface area contributed by atoms with E-state index in [-0.39, 0.29) is 61.1 Å². The predicted molar refractivity (Wildman–Crippen MR) is 195 cm³/mol. The van der Waals surface area contributed by atoms with Crippen LogP contribution in [0.15, 0.2) is 24.3 Å². The van der Waals surface area contributed by atoms with Gasteiger partial charge in [-0.3, -0.25) is 19.2 Å². The molecule has 1 aromatic carbocycles. The first-order valence-corrected chi connectivity index (χ1v) is 19.0. The summed E-state index contributed by atoms with van der Waals surface area (Å²) in [6.07, 6.45) is 5.07. The van der Waals surface area contributed by atoms with Crippen molar-refractivity contribution in [3.63, 3.8) is 0 Å². The number of hydrogen-bond donors (Lipinski definition) is 3. The highest BCUT2D eigenvalue weighted by Crippen LogP contribution is 2.29. The predicted octanol–water partition coefficient (Wildman–Crippen LogP) is 2.30. The highest BCUT2D eigenvalue weighted by molar-refractivity contribution is 5.99. The lowest BCUT2D eigenvalue weighted by atomic mass is 9.93. The van der Waals surface area contributed by atoms with E-state index < -0.39 is 30.2 Å². The number of ether oxygens (including phenoxy) is 2. The molecule has 1 aliphatic carbocycles. The number of aromatic nitrogens is 5. The molecule has 3 aliphatic rings. The molecule has 5 amide bonds. The van der Waals surface area contributed by atoms with Gasteiger partial charge in [-0.15, -0.1) is 10.2 Å². The highest BCUT2D eigenvalue weighted by atomic mass is 16.6. The third-order valence-corrected chi connectivity index (χ3v) is 10.3. The number of likely N-dealkylation sites (tertiary alicyclic amines) is 1. The summed E-state index contributed by atoms with van der Waals surface area (Å²) >= 11 is 0. The quantitative estimate of drug-likeness (QED) is 0.204. The number of tetrazole rings is 1. The summed E-state index contributed by atoms with van der Waals surface area (Å²) in [7, 11) is 0. The van der Waals surface area contributed by atoms with Crippen molar-refractivity contribution in [1.82, 2.24) is 50.9 Å². The molecule has 17 heteroatoms. The lowest BCUT2D eigenvalue weighted by Gasteiger charge is -2.36. The Balaban J connectivity index is 1.17. The average molecular weight is 747 g/mol. The van der Waals surface area contributed by atoms with Gasteiger partial charge in [0.1, 0.15) is 23.5 Å². The summed E-state index contributed by atoms with van der Waals surface area (Å²) in [6.45, 7) is 7.51. The number of carbonyl (C=O) groups excluding carboxylic acids is 5. The number of nitrogens with zero attached hydrogens (tertiary/aromatic N) is 7. The second-order valence-electron chi connectivity index (χ2n) is 14.3. The van der Waals surface area contributed by atoms with Crippen molar-refractivity contribution in [2.24, 2.45) is 0 Å². The molecule has 6 rings (SSSR count). The van der Waals surface area contributed by atoms with Gasteiger partial charge in [-0.2, -0.15) is 5.21 Å². The largest absolute Gasteiger partial charge is 0.480 e. The first kappa shape index (κ1) is 38.4. The number of piperazine rings is 1. The second-order valence-corrected chi connectivity index (χ2v) is 14.3. The SMILES string of the molecule is CCCCOC(=O)N1CCN(C(=O)C(CCc2nn[nH]n2)NC(=O)c2cc(O[C@H](C)C(=O)N3CCCC3C(=O)NC3CCC3)c3ccc(C)cc3n2)CC1.